The molecule has 274 valence electrons. The standard InChI is InChI=1S/C50H52N2O2/c1-23-35-31-19-27(47(3,4)5)15-25-17-29(49(9,10)11)21-33(37(25)31)39(35)43(51-23)41-45(53)42(46(41)54)44-40-34-22-30(50(12,13)14)18-26-16-28(48(6,7)8)20-32(38(26)34)36(40)24(2)52-44/h15-22,51,53H,1-14H3/b44-42+. The van der Waals surface area contributed by atoms with E-state index in [1.807, 2.05) is 6.92 Å². The number of hydrogen-bond donors (Lipinski definition) is 2. The van der Waals surface area contributed by atoms with Gasteiger partial charge in [0, 0.05) is 33.0 Å². The summed E-state index contributed by atoms with van der Waals surface area (Å²) in [6, 6.07) is 18.6. The van der Waals surface area contributed by atoms with E-state index in [9.17, 15) is 9.90 Å². The molecule has 0 bridgehead atoms. The third kappa shape index (κ3) is 4.61. The number of allylic oxidation sites excluding steroid dienone is 2. The van der Waals surface area contributed by atoms with Gasteiger partial charge in [-0.1, -0.05) is 107 Å². The van der Waals surface area contributed by atoms with E-state index in [0.29, 0.717) is 22.2 Å². The number of aromatic amines is 1. The van der Waals surface area contributed by atoms with Crippen LogP contribution >= 0.6 is 0 Å². The fourth-order valence-electron chi connectivity index (χ4n) is 9.18. The van der Waals surface area contributed by atoms with Gasteiger partial charge in [0.2, 0.25) is 5.78 Å². The molecule has 0 atom stereocenters. The number of aliphatic hydroxyl groups is 1. The predicted molar refractivity (Wildman–Crippen MR) is 226 cm³/mol. The van der Waals surface area contributed by atoms with Gasteiger partial charge in [-0.3, -0.25) is 9.78 Å². The first kappa shape index (κ1) is 34.8. The summed E-state index contributed by atoms with van der Waals surface area (Å²) in [5.41, 5.74) is 12.5. The van der Waals surface area contributed by atoms with E-state index >= 15 is 0 Å². The summed E-state index contributed by atoms with van der Waals surface area (Å²) in [5, 5.41) is 21.9. The zero-order chi connectivity index (χ0) is 38.9. The molecule has 9 rings (SSSR count). The molecule has 5 aromatic rings. The minimum atomic E-state index is -0.166. The molecule has 0 fully saturated rings. The van der Waals surface area contributed by atoms with Crippen molar-refractivity contribution in [1.82, 2.24) is 9.97 Å². The third-order valence-electron chi connectivity index (χ3n) is 12.4. The SMILES string of the molecule is Cc1[nH]c(C2=C(O)/C(=c3\nc(C)c4c5cc(C(C)(C)C)cc6cc(C(C)(C)C)cc(c3=4)c65)C2=O)c2c1-c1cc(C(C)(C)C)cc3cc(C(C)(C)C)cc-2c13. The van der Waals surface area contributed by atoms with Gasteiger partial charge in [0.15, 0.2) is 0 Å². The van der Waals surface area contributed by atoms with Crippen LogP contribution in [0.5, 0.6) is 0 Å². The Morgan fingerprint density at radius 2 is 1.00 bits per heavy atom. The monoisotopic (exact) mass is 712 g/mol. The fraction of sp³-hybridized carbons (Fsp3) is 0.360. The summed E-state index contributed by atoms with van der Waals surface area (Å²) in [5.74, 6) is -0.144. The molecule has 4 heteroatoms. The Morgan fingerprint density at radius 3 is 1.48 bits per heavy atom. The molecule has 0 unspecified atom stereocenters. The van der Waals surface area contributed by atoms with Crippen LogP contribution in [-0.2, 0) is 26.5 Å². The lowest BCUT2D eigenvalue weighted by Gasteiger charge is -2.24. The van der Waals surface area contributed by atoms with Crippen LogP contribution in [0.25, 0.3) is 65.7 Å². The maximum atomic E-state index is 14.7. The highest BCUT2D eigenvalue weighted by Crippen LogP contribution is 2.55. The molecule has 0 saturated carbocycles. The number of carbonyl (C=O) groups is 1. The van der Waals surface area contributed by atoms with E-state index in [1.54, 1.807) is 0 Å². The molecule has 54 heavy (non-hydrogen) atoms. The van der Waals surface area contributed by atoms with Crippen LogP contribution in [-0.4, -0.2) is 20.9 Å². The predicted octanol–water partition coefficient (Wildman–Crippen LogP) is 11.9. The number of benzene rings is 4. The molecule has 2 N–H and O–H groups in total. The van der Waals surface area contributed by atoms with Gasteiger partial charge < -0.3 is 10.1 Å². The number of nitrogens with one attached hydrogen (secondary N) is 1. The summed E-state index contributed by atoms with van der Waals surface area (Å²) < 4.78 is 0. The van der Waals surface area contributed by atoms with E-state index in [-0.39, 0.29) is 33.2 Å². The fourth-order valence-corrected chi connectivity index (χ4v) is 9.18. The van der Waals surface area contributed by atoms with Gasteiger partial charge in [0.25, 0.3) is 0 Å². The van der Waals surface area contributed by atoms with Crippen molar-refractivity contribution in [2.75, 3.05) is 0 Å². The lowest BCUT2D eigenvalue weighted by atomic mass is 9.80. The van der Waals surface area contributed by atoms with Crippen molar-refractivity contribution in [2.45, 2.75) is 119 Å². The van der Waals surface area contributed by atoms with Crippen molar-refractivity contribution in [1.29, 1.82) is 0 Å². The molecule has 4 aliphatic rings. The van der Waals surface area contributed by atoms with Gasteiger partial charge in [-0.2, -0.15) is 0 Å². The number of carbonyl (C=O) groups excluding carboxylic acids is 1. The number of ketones is 1. The smallest absolute Gasteiger partial charge is 0.204 e. The normalized spacial score (nSPS) is 16.2. The first-order valence-corrected chi connectivity index (χ1v) is 19.5. The van der Waals surface area contributed by atoms with Crippen molar-refractivity contribution >= 4 is 49.2 Å². The Morgan fingerprint density at radius 1 is 0.556 bits per heavy atom. The van der Waals surface area contributed by atoms with Gasteiger partial charge >= 0.3 is 0 Å². The molecule has 4 aromatic carbocycles. The van der Waals surface area contributed by atoms with Crippen molar-refractivity contribution in [3.8, 4) is 22.3 Å². The summed E-state index contributed by atoms with van der Waals surface area (Å²) in [7, 11) is 0. The molecule has 1 aromatic heterocycles. The van der Waals surface area contributed by atoms with E-state index < -0.39 is 0 Å². The molecule has 4 nitrogen and oxygen atoms in total. The zero-order valence-corrected chi connectivity index (χ0v) is 34.4. The second-order valence-corrected chi connectivity index (χ2v) is 20.4. The van der Waals surface area contributed by atoms with Gasteiger partial charge in [0.05, 0.1) is 22.2 Å². The van der Waals surface area contributed by atoms with Gasteiger partial charge in [0.1, 0.15) is 5.76 Å². The summed E-state index contributed by atoms with van der Waals surface area (Å²) >= 11 is 0. The number of fused-ring (bicyclic) bond motifs is 5. The highest BCUT2D eigenvalue weighted by molar-refractivity contribution is 6.52. The van der Waals surface area contributed by atoms with Crippen LogP contribution in [0.2, 0.25) is 0 Å². The lowest BCUT2D eigenvalue weighted by Crippen LogP contribution is -2.28. The van der Waals surface area contributed by atoms with E-state index in [2.05, 4.69) is 144 Å². The van der Waals surface area contributed by atoms with E-state index in [4.69, 9.17) is 4.98 Å². The minimum absolute atomic E-state index is 0.0217. The van der Waals surface area contributed by atoms with Crippen LogP contribution < -0.4 is 5.35 Å². The number of rotatable bonds is 1. The number of H-pyrrole nitrogens is 1. The van der Waals surface area contributed by atoms with Crippen molar-refractivity contribution in [3.63, 3.8) is 0 Å². The van der Waals surface area contributed by atoms with Crippen LogP contribution in [0.15, 0.2) is 54.3 Å². The summed E-state index contributed by atoms with van der Waals surface area (Å²) in [6.07, 6.45) is 0. The number of aliphatic hydroxyl groups excluding tert-OH is 1. The van der Waals surface area contributed by atoms with Crippen LogP contribution in [0, 0.1) is 24.3 Å². The highest BCUT2D eigenvalue weighted by Gasteiger charge is 2.42. The minimum Gasteiger partial charge on any atom is -0.506 e. The van der Waals surface area contributed by atoms with Gasteiger partial charge in [-0.15, -0.1) is 0 Å². The third-order valence-corrected chi connectivity index (χ3v) is 12.4. The van der Waals surface area contributed by atoms with Crippen LogP contribution in [0.4, 0.5) is 0 Å². The Balaban J connectivity index is 1.35. The Hall–Kier alpha value is -4.96. The molecular formula is C50H52N2O2. The van der Waals surface area contributed by atoms with E-state index in [0.717, 1.165) is 43.9 Å². The average molecular weight is 713 g/mol. The summed E-state index contributed by atoms with van der Waals surface area (Å²) in [4.78, 5) is 23.4. The first-order chi connectivity index (χ1) is 25.0. The van der Waals surface area contributed by atoms with E-state index in [1.165, 1.54) is 54.7 Å². The first-order valence-electron chi connectivity index (χ1n) is 19.5. The quantitative estimate of drug-likeness (QED) is 0.178. The van der Waals surface area contributed by atoms with Gasteiger partial charge in [-0.05, 0) is 125 Å². The Labute approximate surface area is 318 Å². The summed E-state index contributed by atoms with van der Waals surface area (Å²) in [6.45, 7) is 31.2. The maximum Gasteiger partial charge on any atom is 0.204 e. The van der Waals surface area contributed by atoms with Crippen LogP contribution in [0.1, 0.15) is 122 Å². The number of hydrogen-bond acceptors (Lipinski definition) is 3. The molecule has 0 spiro atoms. The average Bonchev–Trinajstić information content (AvgIpc) is 3.76. The molecule has 0 amide bonds. The maximum absolute atomic E-state index is 14.7. The Kier molecular flexibility index (Phi) is 6.71. The number of aromatic nitrogens is 2. The zero-order valence-electron chi connectivity index (χ0n) is 34.4. The van der Waals surface area contributed by atoms with Crippen molar-refractivity contribution in [2.24, 2.45) is 0 Å². The number of nitrogens with zero attached hydrogens (tertiary/aromatic N) is 1. The molecule has 0 saturated heterocycles. The molecule has 1 aliphatic heterocycles. The van der Waals surface area contributed by atoms with Crippen LogP contribution in [0.3, 0.4) is 0 Å². The number of aryl methyl sites for hydroxylation is 2. The van der Waals surface area contributed by atoms with Crippen molar-refractivity contribution < 1.29 is 9.90 Å². The molecular weight excluding hydrogens is 661 g/mol. The lowest BCUT2D eigenvalue weighted by molar-refractivity contribution is -0.110. The molecule has 0 radical (unpaired) electrons. The van der Waals surface area contributed by atoms with Crippen molar-refractivity contribution in [3.05, 3.63) is 109 Å². The molecule has 2 heterocycles. The second kappa shape index (κ2) is 10.4. The largest absolute Gasteiger partial charge is 0.506 e. The van der Waals surface area contributed by atoms with Gasteiger partial charge in [-0.25, -0.2) is 0 Å². The molecule has 3 aliphatic carbocycles. The highest BCUT2D eigenvalue weighted by atomic mass is 16.3. The Bertz CT molecular complexity index is 2980. The second-order valence-electron chi connectivity index (χ2n) is 20.4. The topological polar surface area (TPSA) is 66.0 Å². The number of Topliss-reactive ketones (excluding diaryl/α,β-unsaturated/α-hetero) is 1.